The molecule has 4 nitrogen and oxygen atoms in total. The Bertz CT molecular complexity index is 578. The number of aromatic nitrogens is 3. The summed E-state index contributed by atoms with van der Waals surface area (Å²) >= 11 is 0. The van der Waals surface area contributed by atoms with Crippen LogP contribution in [0.2, 0.25) is 0 Å². The van der Waals surface area contributed by atoms with Crippen molar-refractivity contribution in [3.63, 3.8) is 0 Å². The van der Waals surface area contributed by atoms with Gasteiger partial charge in [-0.15, -0.1) is 0 Å². The number of rotatable bonds is 4. The van der Waals surface area contributed by atoms with E-state index in [-0.39, 0.29) is 5.92 Å². The number of pyridine rings is 1. The molecule has 3 aromatic rings. The van der Waals surface area contributed by atoms with Crippen LogP contribution in [0.25, 0.3) is 0 Å². The minimum absolute atomic E-state index is 0.0795. The van der Waals surface area contributed by atoms with Crippen molar-refractivity contribution in [1.82, 2.24) is 15.0 Å². The van der Waals surface area contributed by atoms with Crippen molar-refractivity contribution < 1.29 is 4.74 Å². The monoisotopic (exact) mass is 253 g/mol. The Hall–Kier alpha value is -2.49. The Balaban J connectivity index is 2.04. The van der Waals surface area contributed by atoms with Gasteiger partial charge in [-0.05, 0) is 36.4 Å². The molecular formula is C15H15N3O. The number of hydrogen-bond donors (Lipinski definition) is 2. The number of ether oxygens (including phenoxy) is 1. The van der Waals surface area contributed by atoms with Crippen LogP contribution in [0.3, 0.4) is 0 Å². The predicted octanol–water partition coefficient (Wildman–Crippen LogP) is 2.93. The van der Waals surface area contributed by atoms with Gasteiger partial charge in [0.2, 0.25) is 0 Å². The average Bonchev–Trinajstić information content (AvgIpc) is 3.13. The zero-order chi connectivity index (χ0) is 13.1. The molecule has 0 aliphatic heterocycles. The quantitative estimate of drug-likeness (QED) is 0.751. The maximum Gasteiger partial charge on any atom is 0.137 e. The summed E-state index contributed by atoms with van der Waals surface area (Å²) in [4.78, 5) is 11.0. The molecule has 4 heteroatoms. The Morgan fingerprint density at radius 3 is 2.11 bits per heavy atom. The minimum atomic E-state index is 0.0795. The zero-order valence-electron chi connectivity index (χ0n) is 10.6. The van der Waals surface area contributed by atoms with Gasteiger partial charge in [-0.2, -0.15) is 0 Å². The van der Waals surface area contributed by atoms with Crippen LogP contribution < -0.4 is 4.74 Å². The van der Waals surface area contributed by atoms with E-state index in [4.69, 9.17) is 4.74 Å². The molecule has 0 unspecified atom stereocenters. The third-order valence-electron chi connectivity index (χ3n) is 3.16. The molecule has 3 aromatic heterocycles. The molecule has 0 aromatic carbocycles. The van der Waals surface area contributed by atoms with Gasteiger partial charge in [-0.25, -0.2) is 0 Å². The lowest BCUT2D eigenvalue weighted by atomic mass is 9.97. The number of aromatic amines is 2. The summed E-state index contributed by atoms with van der Waals surface area (Å²) in [7, 11) is 1.64. The van der Waals surface area contributed by atoms with Crippen LogP contribution in [0, 0.1) is 0 Å². The molecule has 96 valence electrons. The first-order valence-electron chi connectivity index (χ1n) is 6.15. The summed E-state index contributed by atoms with van der Waals surface area (Å²) in [6.45, 7) is 0. The second-order valence-electron chi connectivity index (χ2n) is 4.31. The Labute approximate surface area is 111 Å². The SMILES string of the molecule is COc1ccc(C(c2ccc[nH]2)c2ccc[nH]2)nc1. The number of nitrogens with one attached hydrogen (secondary N) is 2. The topological polar surface area (TPSA) is 53.7 Å². The van der Waals surface area contributed by atoms with Crippen LogP contribution in [0.4, 0.5) is 0 Å². The van der Waals surface area contributed by atoms with Crippen molar-refractivity contribution in [3.05, 3.63) is 72.1 Å². The molecular weight excluding hydrogens is 238 g/mol. The fourth-order valence-electron chi connectivity index (χ4n) is 2.22. The fourth-order valence-corrected chi connectivity index (χ4v) is 2.22. The van der Waals surface area contributed by atoms with Gasteiger partial charge in [-0.1, -0.05) is 0 Å². The summed E-state index contributed by atoms with van der Waals surface area (Å²) in [6, 6.07) is 12.0. The van der Waals surface area contributed by atoms with Gasteiger partial charge < -0.3 is 14.7 Å². The van der Waals surface area contributed by atoms with E-state index in [0.717, 1.165) is 22.8 Å². The molecule has 3 rings (SSSR count). The predicted molar refractivity (Wildman–Crippen MR) is 73.3 cm³/mol. The molecule has 0 aliphatic carbocycles. The highest BCUT2D eigenvalue weighted by Crippen LogP contribution is 2.29. The Morgan fingerprint density at radius 2 is 1.68 bits per heavy atom. The molecule has 0 atom stereocenters. The maximum absolute atomic E-state index is 5.15. The van der Waals surface area contributed by atoms with Gasteiger partial charge in [0.05, 0.1) is 24.9 Å². The van der Waals surface area contributed by atoms with E-state index in [1.165, 1.54) is 0 Å². The van der Waals surface area contributed by atoms with E-state index in [0.29, 0.717) is 0 Å². The molecule has 3 heterocycles. The van der Waals surface area contributed by atoms with Gasteiger partial charge in [0.1, 0.15) is 5.75 Å². The fraction of sp³-hybridized carbons (Fsp3) is 0.133. The van der Waals surface area contributed by atoms with E-state index in [9.17, 15) is 0 Å². The second kappa shape index (κ2) is 5.02. The molecule has 0 fully saturated rings. The number of nitrogens with zero attached hydrogens (tertiary/aromatic N) is 1. The third-order valence-corrected chi connectivity index (χ3v) is 3.16. The smallest absolute Gasteiger partial charge is 0.137 e. The zero-order valence-corrected chi connectivity index (χ0v) is 10.6. The van der Waals surface area contributed by atoms with Gasteiger partial charge in [0.15, 0.2) is 0 Å². The number of methoxy groups -OCH3 is 1. The van der Waals surface area contributed by atoms with Crippen LogP contribution in [-0.4, -0.2) is 22.1 Å². The molecule has 0 aliphatic rings. The van der Waals surface area contributed by atoms with Gasteiger partial charge in [-0.3, -0.25) is 4.98 Å². The number of H-pyrrole nitrogens is 2. The van der Waals surface area contributed by atoms with E-state index in [1.54, 1.807) is 13.3 Å². The molecule has 0 amide bonds. The summed E-state index contributed by atoms with van der Waals surface area (Å²) in [5, 5.41) is 0. The van der Waals surface area contributed by atoms with Crippen molar-refractivity contribution in [2.75, 3.05) is 7.11 Å². The highest BCUT2D eigenvalue weighted by Gasteiger charge is 2.19. The molecule has 0 radical (unpaired) electrons. The Kier molecular flexibility index (Phi) is 3.06. The minimum Gasteiger partial charge on any atom is -0.495 e. The maximum atomic E-state index is 5.15. The summed E-state index contributed by atoms with van der Waals surface area (Å²) in [6.07, 6.45) is 5.60. The van der Waals surface area contributed by atoms with E-state index >= 15 is 0 Å². The van der Waals surface area contributed by atoms with Gasteiger partial charge in [0.25, 0.3) is 0 Å². The standard InChI is InChI=1S/C15H15N3O/c1-19-11-6-7-14(18-10-11)15(12-4-2-8-16-12)13-5-3-9-17-13/h2-10,15-17H,1H3. The van der Waals surface area contributed by atoms with Crippen LogP contribution in [0.1, 0.15) is 23.0 Å². The van der Waals surface area contributed by atoms with Crippen molar-refractivity contribution in [3.8, 4) is 5.75 Å². The lowest BCUT2D eigenvalue weighted by molar-refractivity contribution is 0.412. The highest BCUT2D eigenvalue weighted by molar-refractivity contribution is 5.35. The largest absolute Gasteiger partial charge is 0.495 e. The first-order valence-corrected chi connectivity index (χ1v) is 6.15. The summed E-state index contributed by atoms with van der Waals surface area (Å²) in [5.74, 6) is 0.844. The molecule has 2 N–H and O–H groups in total. The molecule has 19 heavy (non-hydrogen) atoms. The molecule has 0 saturated carbocycles. The first-order chi connectivity index (χ1) is 9.38. The van der Waals surface area contributed by atoms with E-state index in [1.807, 2.05) is 36.7 Å². The molecule has 0 spiro atoms. The lowest BCUT2D eigenvalue weighted by Crippen LogP contribution is -2.06. The van der Waals surface area contributed by atoms with Crippen molar-refractivity contribution >= 4 is 0 Å². The Morgan fingerprint density at radius 1 is 1.00 bits per heavy atom. The average molecular weight is 253 g/mol. The summed E-state index contributed by atoms with van der Waals surface area (Å²) in [5.41, 5.74) is 3.20. The second-order valence-corrected chi connectivity index (χ2v) is 4.31. The summed E-state index contributed by atoms with van der Waals surface area (Å²) < 4.78 is 5.15. The van der Waals surface area contributed by atoms with Crippen LogP contribution >= 0.6 is 0 Å². The third kappa shape index (κ3) is 2.25. The van der Waals surface area contributed by atoms with E-state index < -0.39 is 0 Å². The van der Waals surface area contributed by atoms with Crippen LogP contribution in [0.5, 0.6) is 5.75 Å². The lowest BCUT2D eigenvalue weighted by Gasteiger charge is -2.14. The van der Waals surface area contributed by atoms with Gasteiger partial charge in [0, 0.05) is 23.8 Å². The number of hydrogen-bond acceptors (Lipinski definition) is 2. The van der Waals surface area contributed by atoms with Crippen molar-refractivity contribution in [2.24, 2.45) is 0 Å². The first kappa shape index (κ1) is 11.6. The van der Waals surface area contributed by atoms with Gasteiger partial charge >= 0.3 is 0 Å². The van der Waals surface area contributed by atoms with Crippen LogP contribution in [-0.2, 0) is 0 Å². The molecule has 0 saturated heterocycles. The molecule has 0 bridgehead atoms. The van der Waals surface area contributed by atoms with Crippen LogP contribution in [0.15, 0.2) is 55.0 Å². The van der Waals surface area contributed by atoms with Crippen molar-refractivity contribution in [1.29, 1.82) is 0 Å². The van der Waals surface area contributed by atoms with Crippen molar-refractivity contribution in [2.45, 2.75) is 5.92 Å². The van der Waals surface area contributed by atoms with E-state index in [2.05, 4.69) is 27.1 Å². The highest BCUT2D eigenvalue weighted by atomic mass is 16.5. The normalized spacial score (nSPS) is 10.8.